The van der Waals surface area contributed by atoms with Crippen LogP contribution >= 0.6 is 0 Å². The van der Waals surface area contributed by atoms with E-state index in [0.717, 1.165) is 5.56 Å². The second kappa shape index (κ2) is 9.27. The number of rotatable bonds is 7. The predicted octanol–water partition coefficient (Wildman–Crippen LogP) is 1.56. The largest absolute Gasteiger partial charge is 0.493 e. The highest BCUT2D eigenvalue weighted by atomic mass is 32.2. The number of amides is 1. The van der Waals surface area contributed by atoms with Crippen LogP contribution in [0.15, 0.2) is 52.5 Å². The summed E-state index contributed by atoms with van der Waals surface area (Å²) < 4.78 is 36.8. The van der Waals surface area contributed by atoms with Gasteiger partial charge in [0.15, 0.2) is 17.3 Å². The van der Waals surface area contributed by atoms with Crippen molar-refractivity contribution in [3.8, 4) is 11.5 Å². The van der Waals surface area contributed by atoms with Gasteiger partial charge < -0.3 is 20.0 Å². The molecule has 1 aliphatic heterocycles. The number of carbonyl (C=O) groups is 2. The number of benzene rings is 2. The number of hydrogen-bond acceptors (Lipinski definition) is 8. The van der Waals surface area contributed by atoms with Crippen LogP contribution in [0.4, 0.5) is 0 Å². The van der Waals surface area contributed by atoms with Crippen LogP contribution in [-0.2, 0) is 24.4 Å². The maximum atomic E-state index is 13.0. The molecule has 0 radical (unpaired) electrons. The van der Waals surface area contributed by atoms with E-state index in [1.807, 2.05) is 0 Å². The van der Waals surface area contributed by atoms with Crippen molar-refractivity contribution in [2.24, 2.45) is 10.9 Å². The molecule has 0 saturated carbocycles. The van der Waals surface area contributed by atoms with Crippen molar-refractivity contribution in [2.45, 2.75) is 30.7 Å². The minimum Gasteiger partial charge on any atom is -0.493 e. The van der Waals surface area contributed by atoms with Crippen LogP contribution in [0, 0.1) is 6.92 Å². The number of hydrogen-bond donors (Lipinski definition) is 1. The number of nitrogens with zero attached hydrogens (tertiary/aromatic N) is 2. The summed E-state index contributed by atoms with van der Waals surface area (Å²) >= 11 is 0. The molecule has 2 aromatic rings. The van der Waals surface area contributed by atoms with E-state index in [2.05, 4.69) is 5.16 Å². The van der Waals surface area contributed by atoms with Crippen LogP contribution < -0.4 is 15.2 Å². The molecule has 10 nitrogen and oxygen atoms in total. The summed E-state index contributed by atoms with van der Waals surface area (Å²) in [5, 5.41) is 3.61. The molecule has 1 amide bonds. The van der Waals surface area contributed by atoms with Crippen molar-refractivity contribution >= 4 is 27.7 Å². The summed E-state index contributed by atoms with van der Waals surface area (Å²) in [6.45, 7) is 1.80. The average Bonchev–Trinajstić information content (AvgIpc) is 3.19. The van der Waals surface area contributed by atoms with Crippen LogP contribution in [-0.4, -0.2) is 50.7 Å². The van der Waals surface area contributed by atoms with Gasteiger partial charge in [0, 0.05) is 12.0 Å². The van der Waals surface area contributed by atoms with Gasteiger partial charge in [0.05, 0.1) is 19.1 Å². The van der Waals surface area contributed by atoms with Gasteiger partial charge in [-0.15, -0.1) is 0 Å². The molecule has 11 heteroatoms. The Hall–Kier alpha value is -3.60. The molecule has 1 fully saturated rings. The van der Waals surface area contributed by atoms with Gasteiger partial charge in [0.25, 0.3) is 10.0 Å². The highest BCUT2D eigenvalue weighted by molar-refractivity contribution is 7.89. The van der Waals surface area contributed by atoms with Crippen LogP contribution in [0.2, 0.25) is 0 Å². The predicted molar refractivity (Wildman–Crippen MR) is 115 cm³/mol. The Bertz CT molecular complexity index is 1160. The fraction of sp³-hybridized carbons (Fsp3) is 0.286. The summed E-state index contributed by atoms with van der Waals surface area (Å²) in [6.07, 6.45) is -0.131. The van der Waals surface area contributed by atoms with Crippen LogP contribution in [0.25, 0.3) is 0 Å². The van der Waals surface area contributed by atoms with Crippen molar-refractivity contribution in [1.82, 2.24) is 4.31 Å². The molecule has 0 aliphatic carbocycles. The zero-order valence-corrected chi connectivity index (χ0v) is 18.6. The summed E-state index contributed by atoms with van der Waals surface area (Å²) in [7, 11) is -1.30. The normalized spacial score (nSPS) is 16.7. The van der Waals surface area contributed by atoms with Crippen molar-refractivity contribution in [3.05, 3.63) is 53.6 Å². The standard InChI is InChI=1S/C21H23N3O7S/c1-13-4-7-15(8-5-13)32(27,28)24-16(9-11-19(24)25)21(26)31-23-20(22)14-6-10-17(29-2)18(12-14)30-3/h4-8,10,12,16H,9,11H2,1-3H3,(H2,22,23)/t16-/m0/s1. The number of ether oxygens (including phenoxy) is 2. The molecule has 2 N–H and O–H groups in total. The average molecular weight is 461 g/mol. The van der Waals surface area contributed by atoms with Crippen molar-refractivity contribution in [2.75, 3.05) is 14.2 Å². The Kier molecular flexibility index (Phi) is 6.68. The molecule has 1 heterocycles. The van der Waals surface area contributed by atoms with Gasteiger partial charge in [-0.2, -0.15) is 0 Å². The van der Waals surface area contributed by atoms with Crippen LogP contribution in [0.1, 0.15) is 24.0 Å². The Morgan fingerprint density at radius 3 is 2.38 bits per heavy atom. The maximum Gasteiger partial charge on any atom is 0.358 e. The van der Waals surface area contributed by atoms with Gasteiger partial charge >= 0.3 is 5.97 Å². The Labute approximate surface area is 185 Å². The van der Waals surface area contributed by atoms with E-state index in [1.54, 1.807) is 37.3 Å². The molecule has 3 rings (SSSR count). The molecule has 1 aliphatic rings. The Morgan fingerprint density at radius 1 is 1.09 bits per heavy atom. The molecule has 1 atom stereocenters. The van der Waals surface area contributed by atoms with Crippen LogP contribution in [0.3, 0.4) is 0 Å². The van der Waals surface area contributed by atoms with Gasteiger partial charge in [0.2, 0.25) is 5.91 Å². The van der Waals surface area contributed by atoms with Gasteiger partial charge in [-0.1, -0.05) is 22.9 Å². The number of oxime groups is 1. The fourth-order valence-corrected chi connectivity index (χ4v) is 4.80. The number of nitrogens with two attached hydrogens (primary N) is 1. The second-order valence-electron chi connectivity index (χ2n) is 7.02. The van der Waals surface area contributed by atoms with E-state index in [0.29, 0.717) is 21.4 Å². The number of methoxy groups -OCH3 is 2. The lowest BCUT2D eigenvalue weighted by atomic mass is 10.2. The third kappa shape index (κ3) is 4.52. The molecule has 32 heavy (non-hydrogen) atoms. The first-order valence-corrected chi connectivity index (χ1v) is 11.0. The van der Waals surface area contributed by atoms with Crippen LogP contribution in [0.5, 0.6) is 11.5 Å². The summed E-state index contributed by atoms with van der Waals surface area (Å²) in [5.41, 5.74) is 7.13. The Morgan fingerprint density at radius 2 is 1.75 bits per heavy atom. The summed E-state index contributed by atoms with van der Waals surface area (Å²) in [6, 6.07) is 9.36. The van der Waals surface area contributed by atoms with Crippen molar-refractivity contribution in [1.29, 1.82) is 0 Å². The SMILES string of the molecule is COc1ccc(/C(N)=N\OC(=O)[C@@H]2CCC(=O)N2S(=O)(=O)c2ccc(C)cc2)cc1OC. The van der Waals surface area contributed by atoms with E-state index in [9.17, 15) is 18.0 Å². The first-order chi connectivity index (χ1) is 15.2. The van der Waals surface area contributed by atoms with E-state index in [4.69, 9.17) is 20.0 Å². The van der Waals surface area contributed by atoms with Crippen molar-refractivity contribution < 1.29 is 32.3 Å². The third-order valence-corrected chi connectivity index (χ3v) is 6.77. The van der Waals surface area contributed by atoms with Gasteiger partial charge in [-0.3, -0.25) is 4.79 Å². The number of sulfonamides is 1. The number of carbonyl (C=O) groups excluding carboxylic acids is 2. The Balaban J connectivity index is 1.80. The highest BCUT2D eigenvalue weighted by Crippen LogP contribution is 2.29. The molecule has 0 bridgehead atoms. The van der Waals surface area contributed by atoms with Gasteiger partial charge in [-0.05, 0) is 43.7 Å². The lowest BCUT2D eigenvalue weighted by molar-refractivity contribution is -0.149. The van der Waals surface area contributed by atoms with E-state index < -0.39 is 27.9 Å². The number of aryl methyl sites for hydroxylation is 1. The first-order valence-electron chi connectivity index (χ1n) is 9.59. The van der Waals surface area contributed by atoms with E-state index in [1.165, 1.54) is 26.4 Å². The number of amidine groups is 1. The van der Waals surface area contributed by atoms with E-state index in [-0.39, 0.29) is 23.6 Å². The molecule has 0 aromatic heterocycles. The zero-order chi connectivity index (χ0) is 23.5. The summed E-state index contributed by atoms with van der Waals surface area (Å²) in [4.78, 5) is 29.7. The van der Waals surface area contributed by atoms with E-state index >= 15 is 0 Å². The molecular weight excluding hydrogens is 438 g/mol. The van der Waals surface area contributed by atoms with Gasteiger partial charge in [0.1, 0.15) is 6.04 Å². The molecule has 0 spiro atoms. The second-order valence-corrected chi connectivity index (χ2v) is 8.83. The maximum absolute atomic E-state index is 13.0. The molecule has 1 saturated heterocycles. The fourth-order valence-electron chi connectivity index (χ4n) is 3.20. The lowest BCUT2D eigenvalue weighted by Gasteiger charge is -2.22. The summed E-state index contributed by atoms with van der Waals surface area (Å²) in [5.74, 6) is -0.968. The van der Waals surface area contributed by atoms with Crippen molar-refractivity contribution in [3.63, 3.8) is 0 Å². The minimum atomic E-state index is -4.23. The monoisotopic (exact) mass is 461 g/mol. The minimum absolute atomic E-state index is 0.0193. The van der Waals surface area contributed by atoms with Gasteiger partial charge in [-0.25, -0.2) is 17.5 Å². The smallest absolute Gasteiger partial charge is 0.358 e. The third-order valence-electron chi connectivity index (χ3n) is 4.92. The first kappa shape index (κ1) is 23.1. The topological polar surface area (TPSA) is 138 Å². The molecule has 2 aromatic carbocycles. The quantitative estimate of drug-likeness (QED) is 0.284. The highest BCUT2D eigenvalue weighted by Gasteiger charge is 2.45. The zero-order valence-electron chi connectivity index (χ0n) is 17.8. The lowest BCUT2D eigenvalue weighted by Crippen LogP contribution is -2.43. The molecule has 170 valence electrons. The molecular formula is C21H23N3O7S. The molecule has 0 unspecified atom stereocenters.